The number of ether oxygens (including phenoxy) is 1. The normalized spacial score (nSPS) is 10.3. The largest absolute Gasteiger partial charge is 0.497 e. The Morgan fingerprint density at radius 3 is 2.42 bits per heavy atom. The Kier molecular flexibility index (Phi) is 5.36. The zero-order chi connectivity index (χ0) is 14.4. The molecular weight excluding hydrogens is 246 g/mol. The van der Waals surface area contributed by atoms with Crippen LogP contribution in [0, 0.1) is 5.92 Å². The van der Waals surface area contributed by atoms with Crippen LogP contribution in [0.3, 0.4) is 0 Å². The number of benzene rings is 1. The molecule has 0 spiro atoms. The van der Waals surface area contributed by atoms with E-state index in [1.54, 1.807) is 12.1 Å². The zero-order valence-electron chi connectivity index (χ0n) is 11.4. The van der Waals surface area contributed by atoms with Crippen molar-refractivity contribution < 1.29 is 19.4 Å². The van der Waals surface area contributed by atoms with Gasteiger partial charge in [0, 0.05) is 5.92 Å². The van der Waals surface area contributed by atoms with E-state index in [0.29, 0.717) is 11.4 Å². The Morgan fingerprint density at radius 1 is 1.32 bits per heavy atom. The first-order chi connectivity index (χ1) is 9.03. The lowest BCUT2D eigenvalue weighted by Gasteiger charge is -2.14. The third-order valence-corrected chi connectivity index (χ3v) is 3.07. The summed E-state index contributed by atoms with van der Waals surface area (Å²) in [6.45, 7) is 3.86. The molecule has 1 amide bonds. The second-order valence-electron chi connectivity index (χ2n) is 4.22. The number of methoxy groups -OCH3 is 1. The van der Waals surface area contributed by atoms with E-state index < -0.39 is 5.97 Å². The summed E-state index contributed by atoms with van der Waals surface area (Å²) in [6.07, 6.45) is 1.45. The van der Waals surface area contributed by atoms with Gasteiger partial charge in [-0.3, -0.25) is 4.79 Å². The number of aromatic carboxylic acids is 1. The van der Waals surface area contributed by atoms with Crippen molar-refractivity contribution in [1.82, 2.24) is 0 Å². The summed E-state index contributed by atoms with van der Waals surface area (Å²) in [5.74, 6) is -0.918. The van der Waals surface area contributed by atoms with E-state index in [2.05, 4.69) is 5.32 Å². The number of anilines is 1. The molecule has 0 atom stereocenters. The Labute approximate surface area is 112 Å². The molecule has 0 aliphatic rings. The van der Waals surface area contributed by atoms with E-state index in [-0.39, 0.29) is 17.4 Å². The van der Waals surface area contributed by atoms with Crippen molar-refractivity contribution >= 4 is 17.6 Å². The Hall–Kier alpha value is -2.04. The molecule has 104 valence electrons. The van der Waals surface area contributed by atoms with Gasteiger partial charge < -0.3 is 15.2 Å². The summed E-state index contributed by atoms with van der Waals surface area (Å²) < 4.78 is 4.98. The maximum Gasteiger partial charge on any atom is 0.337 e. The van der Waals surface area contributed by atoms with Crippen LogP contribution < -0.4 is 10.1 Å². The van der Waals surface area contributed by atoms with Crippen molar-refractivity contribution in [1.29, 1.82) is 0 Å². The van der Waals surface area contributed by atoms with Crippen molar-refractivity contribution in [3.05, 3.63) is 23.8 Å². The van der Waals surface area contributed by atoms with Gasteiger partial charge in [-0.1, -0.05) is 13.8 Å². The highest BCUT2D eigenvalue weighted by Crippen LogP contribution is 2.23. The van der Waals surface area contributed by atoms with Gasteiger partial charge in [0.2, 0.25) is 5.91 Å². The van der Waals surface area contributed by atoms with Crippen LogP contribution in [0.5, 0.6) is 5.75 Å². The number of carbonyl (C=O) groups excluding carboxylic acids is 1. The lowest BCUT2D eigenvalue weighted by atomic mass is 10.0. The zero-order valence-corrected chi connectivity index (χ0v) is 11.4. The fourth-order valence-corrected chi connectivity index (χ4v) is 1.83. The van der Waals surface area contributed by atoms with Crippen molar-refractivity contribution in [2.45, 2.75) is 26.7 Å². The molecule has 1 aromatic carbocycles. The summed E-state index contributed by atoms with van der Waals surface area (Å²) in [4.78, 5) is 23.1. The van der Waals surface area contributed by atoms with Gasteiger partial charge in [-0.05, 0) is 31.0 Å². The monoisotopic (exact) mass is 265 g/mol. The first-order valence-electron chi connectivity index (χ1n) is 6.25. The number of hydrogen-bond acceptors (Lipinski definition) is 3. The highest BCUT2D eigenvalue weighted by molar-refractivity contribution is 6.01. The van der Waals surface area contributed by atoms with Crippen LogP contribution in [0.25, 0.3) is 0 Å². The van der Waals surface area contributed by atoms with E-state index in [1.807, 2.05) is 13.8 Å². The van der Waals surface area contributed by atoms with Gasteiger partial charge in [0.1, 0.15) is 5.75 Å². The standard InChI is InChI=1S/C14H19NO4/c1-4-9(5-2)13(16)15-12-7-6-10(19-3)8-11(12)14(17)18/h6-9H,4-5H2,1-3H3,(H,15,16)(H,17,18). The Bertz CT molecular complexity index is 467. The van der Waals surface area contributed by atoms with Crippen molar-refractivity contribution in [3.63, 3.8) is 0 Å². The summed E-state index contributed by atoms with van der Waals surface area (Å²) in [5.41, 5.74) is 0.323. The molecule has 0 saturated carbocycles. The third-order valence-electron chi connectivity index (χ3n) is 3.07. The maximum absolute atomic E-state index is 12.0. The Balaban J connectivity index is 3.00. The number of amides is 1. The van der Waals surface area contributed by atoms with Gasteiger partial charge in [-0.25, -0.2) is 4.79 Å². The van der Waals surface area contributed by atoms with Crippen LogP contribution in [0.15, 0.2) is 18.2 Å². The Morgan fingerprint density at radius 2 is 1.95 bits per heavy atom. The molecule has 0 unspecified atom stereocenters. The predicted octanol–water partition coefficient (Wildman–Crippen LogP) is 2.77. The van der Waals surface area contributed by atoms with E-state index >= 15 is 0 Å². The first-order valence-corrected chi connectivity index (χ1v) is 6.25. The minimum atomic E-state index is -1.10. The molecule has 0 saturated heterocycles. The molecule has 0 fully saturated rings. The molecular formula is C14H19NO4. The van der Waals surface area contributed by atoms with Crippen molar-refractivity contribution in [2.24, 2.45) is 5.92 Å². The van der Waals surface area contributed by atoms with Crippen LogP contribution >= 0.6 is 0 Å². The van der Waals surface area contributed by atoms with Crippen LogP contribution in [-0.4, -0.2) is 24.1 Å². The van der Waals surface area contributed by atoms with E-state index in [9.17, 15) is 9.59 Å². The highest BCUT2D eigenvalue weighted by atomic mass is 16.5. The van der Waals surface area contributed by atoms with Gasteiger partial charge in [-0.15, -0.1) is 0 Å². The van der Waals surface area contributed by atoms with Crippen LogP contribution in [0.4, 0.5) is 5.69 Å². The third kappa shape index (κ3) is 3.71. The van der Waals surface area contributed by atoms with Gasteiger partial charge in [0.15, 0.2) is 0 Å². The van der Waals surface area contributed by atoms with Crippen LogP contribution in [0.1, 0.15) is 37.0 Å². The molecule has 5 nitrogen and oxygen atoms in total. The second-order valence-corrected chi connectivity index (χ2v) is 4.22. The lowest BCUT2D eigenvalue weighted by Crippen LogP contribution is -2.22. The van der Waals surface area contributed by atoms with Gasteiger partial charge >= 0.3 is 5.97 Å². The number of hydrogen-bond donors (Lipinski definition) is 2. The van der Waals surface area contributed by atoms with Crippen LogP contribution in [-0.2, 0) is 4.79 Å². The quantitative estimate of drug-likeness (QED) is 0.829. The minimum Gasteiger partial charge on any atom is -0.497 e. The lowest BCUT2D eigenvalue weighted by molar-refractivity contribution is -0.120. The first kappa shape index (κ1) is 15.0. The number of carboxylic acids is 1. The molecule has 1 aromatic rings. The molecule has 1 rings (SSSR count). The topological polar surface area (TPSA) is 75.6 Å². The van der Waals surface area contributed by atoms with Gasteiger partial charge in [0.05, 0.1) is 18.4 Å². The smallest absolute Gasteiger partial charge is 0.337 e. The van der Waals surface area contributed by atoms with Crippen molar-refractivity contribution in [2.75, 3.05) is 12.4 Å². The summed E-state index contributed by atoms with van der Waals surface area (Å²) >= 11 is 0. The summed E-state index contributed by atoms with van der Waals surface area (Å²) in [7, 11) is 1.46. The van der Waals surface area contributed by atoms with E-state index in [4.69, 9.17) is 9.84 Å². The van der Waals surface area contributed by atoms with E-state index in [1.165, 1.54) is 13.2 Å². The molecule has 2 N–H and O–H groups in total. The fraction of sp³-hybridized carbons (Fsp3) is 0.429. The molecule has 0 radical (unpaired) electrons. The van der Waals surface area contributed by atoms with Crippen molar-refractivity contribution in [3.8, 4) is 5.75 Å². The number of carbonyl (C=O) groups is 2. The number of rotatable bonds is 6. The molecule has 0 heterocycles. The number of carboxylic acid groups (broad SMARTS) is 1. The highest BCUT2D eigenvalue weighted by Gasteiger charge is 2.18. The van der Waals surface area contributed by atoms with E-state index in [0.717, 1.165) is 12.8 Å². The molecule has 0 bridgehead atoms. The van der Waals surface area contributed by atoms with Gasteiger partial charge in [0.25, 0.3) is 0 Å². The fourth-order valence-electron chi connectivity index (χ4n) is 1.83. The molecule has 0 aliphatic carbocycles. The summed E-state index contributed by atoms with van der Waals surface area (Å²) in [6, 6.07) is 4.56. The molecule has 0 aliphatic heterocycles. The molecule has 0 aromatic heterocycles. The maximum atomic E-state index is 12.0. The van der Waals surface area contributed by atoms with Crippen LogP contribution in [0.2, 0.25) is 0 Å². The molecule has 5 heteroatoms. The number of nitrogens with one attached hydrogen (secondary N) is 1. The SMILES string of the molecule is CCC(CC)C(=O)Nc1ccc(OC)cc1C(=O)O. The average molecular weight is 265 g/mol. The second kappa shape index (κ2) is 6.78. The minimum absolute atomic E-state index is 0.0265. The average Bonchev–Trinajstić information content (AvgIpc) is 2.40. The summed E-state index contributed by atoms with van der Waals surface area (Å²) in [5, 5.41) is 11.8. The van der Waals surface area contributed by atoms with Gasteiger partial charge in [-0.2, -0.15) is 0 Å². The predicted molar refractivity (Wildman–Crippen MR) is 72.7 cm³/mol. The molecule has 19 heavy (non-hydrogen) atoms.